The molecule has 2 aromatic heterocycles. The summed E-state index contributed by atoms with van der Waals surface area (Å²) >= 11 is 12.3. The van der Waals surface area contributed by atoms with Gasteiger partial charge in [-0.05, 0) is 17.7 Å². The number of nitrogens with one attached hydrogen (secondary N) is 2. The van der Waals surface area contributed by atoms with Crippen LogP contribution in [0.4, 0.5) is 0 Å². The van der Waals surface area contributed by atoms with Crippen molar-refractivity contribution in [3.63, 3.8) is 0 Å². The molecule has 0 saturated carbocycles. The molecular weight excluding hydrogens is 409 g/mol. The molecule has 0 aliphatic heterocycles. The molecule has 0 aliphatic carbocycles. The van der Waals surface area contributed by atoms with Gasteiger partial charge < -0.3 is 19.6 Å². The summed E-state index contributed by atoms with van der Waals surface area (Å²) < 4.78 is 9.79. The lowest BCUT2D eigenvalue weighted by Gasteiger charge is -2.07. The van der Waals surface area contributed by atoms with E-state index < -0.39 is 11.5 Å². The Bertz CT molecular complexity index is 1030. The maximum Gasteiger partial charge on any atom is 0.263 e. The van der Waals surface area contributed by atoms with Crippen molar-refractivity contribution in [3.05, 3.63) is 73.5 Å². The van der Waals surface area contributed by atoms with Crippen LogP contribution >= 0.6 is 23.2 Å². The summed E-state index contributed by atoms with van der Waals surface area (Å²) in [5, 5.41) is 7.15. The Balaban J connectivity index is 1.67. The average molecular weight is 424 g/mol. The second-order valence-corrected chi connectivity index (χ2v) is 6.48. The SMILES string of the molecule is COCc1nc(CNC(=O)c2cnc(Cc3c(Cl)cccc3Cl)[nH]c2=O)no1. The van der Waals surface area contributed by atoms with E-state index in [4.69, 9.17) is 32.5 Å². The van der Waals surface area contributed by atoms with E-state index in [1.165, 1.54) is 13.3 Å². The molecule has 28 heavy (non-hydrogen) atoms. The fourth-order valence-electron chi connectivity index (χ4n) is 2.35. The van der Waals surface area contributed by atoms with Crippen molar-refractivity contribution in [1.29, 1.82) is 0 Å². The molecule has 9 nitrogen and oxygen atoms in total. The number of benzene rings is 1. The van der Waals surface area contributed by atoms with E-state index in [1.807, 2.05) is 0 Å². The van der Waals surface area contributed by atoms with Crippen molar-refractivity contribution < 1.29 is 14.1 Å². The number of halogens is 2. The Kier molecular flexibility index (Phi) is 6.40. The Labute approximate surface area is 169 Å². The van der Waals surface area contributed by atoms with Gasteiger partial charge >= 0.3 is 0 Å². The summed E-state index contributed by atoms with van der Waals surface area (Å²) in [6, 6.07) is 5.11. The topological polar surface area (TPSA) is 123 Å². The minimum atomic E-state index is -0.617. The van der Waals surface area contributed by atoms with E-state index in [0.717, 1.165) is 0 Å². The first kappa shape index (κ1) is 20.0. The monoisotopic (exact) mass is 423 g/mol. The highest BCUT2D eigenvalue weighted by Gasteiger charge is 2.15. The molecule has 11 heteroatoms. The number of methoxy groups -OCH3 is 1. The Morgan fingerprint density at radius 2 is 2.07 bits per heavy atom. The molecule has 2 heterocycles. The van der Waals surface area contributed by atoms with Gasteiger partial charge in [0, 0.05) is 29.8 Å². The van der Waals surface area contributed by atoms with Crippen LogP contribution in [-0.4, -0.2) is 33.1 Å². The van der Waals surface area contributed by atoms with Crippen molar-refractivity contribution in [2.75, 3.05) is 7.11 Å². The van der Waals surface area contributed by atoms with E-state index in [2.05, 4.69) is 25.4 Å². The van der Waals surface area contributed by atoms with Crippen LogP contribution in [-0.2, 0) is 24.3 Å². The third-order valence-electron chi connectivity index (χ3n) is 3.69. The largest absolute Gasteiger partial charge is 0.375 e. The maximum absolute atomic E-state index is 12.3. The summed E-state index contributed by atoms with van der Waals surface area (Å²) in [5.41, 5.74) is -0.0939. The second kappa shape index (κ2) is 8.96. The van der Waals surface area contributed by atoms with Gasteiger partial charge in [-0.3, -0.25) is 9.59 Å². The lowest BCUT2D eigenvalue weighted by Crippen LogP contribution is -2.30. The van der Waals surface area contributed by atoms with Gasteiger partial charge in [0.1, 0.15) is 18.0 Å². The molecule has 0 saturated heterocycles. The molecule has 0 radical (unpaired) electrons. The number of carbonyl (C=O) groups excluding carboxylic acids is 1. The molecule has 0 atom stereocenters. The highest BCUT2D eigenvalue weighted by atomic mass is 35.5. The van der Waals surface area contributed by atoms with Crippen LogP contribution in [0.1, 0.15) is 33.5 Å². The van der Waals surface area contributed by atoms with Gasteiger partial charge in [-0.15, -0.1) is 0 Å². The number of rotatable bonds is 7. The maximum atomic E-state index is 12.3. The zero-order valence-corrected chi connectivity index (χ0v) is 16.2. The average Bonchev–Trinajstić information content (AvgIpc) is 3.11. The van der Waals surface area contributed by atoms with Crippen LogP contribution in [0.2, 0.25) is 10.0 Å². The molecule has 1 amide bonds. The van der Waals surface area contributed by atoms with Crippen molar-refractivity contribution in [2.24, 2.45) is 0 Å². The number of hydrogen-bond acceptors (Lipinski definition) is 7. The smallest absolute Gasteiger partial charge is 0.263 e. The van der Waals surface area contributed by atoms with Crippen LogP contribution < -0.4 is 10.9 Å². The molecular formula is C17H15Cl2N5O4. The summed E-state index contributed by atoms with van der Waals surface area (Å²) in [6.07, 6.45) is 1.42. The summed E-state index contributed by atoms with van der Waals surface area (Å²) in [5.74, 6) is 0.261. The van der Waals surface area contributed by atoms with Gasteiger partial charge in [-0.2, -0.15) is 4.98 Å². The third-order valence-corrected chi connectivity index (χ3v) is 4.40. The number of aromatic amines is 1. The van der Waals surface area contributed by atoms with Gasteiger partial charge in [-0.1, -0.05) is 34.4 Å². The van der Waals surface area contributed by atoms with Gasteiger partial charge in [-0.25, -0.2) is 4.98 Å². The summed E-state index contributed by atoms with van der Waals surface area (Å²) in [4.78, 5) is 35.2. The third kappa shape index (κ3) is 4.75. The lowest BCUT2D eigenvalue weighted by atomic mass is 10.1. The number of hydrogen-bond donors (Lipinski definition) is 2. The highest BCUT2D eigenvalue weighted by molar-refractivity contribution is 6.36. The molecule has 0 fully saturated rings. The molecule has 146 valence electrons. The standard InChI is InChI=1S/C17H15Cl2N5O4/c1-27-8-15-22-14(24-28-15)7-21-16(25)10-6-20-13(23-17(10)26)5-9-11(18)3-2-4-12(9)19/h2-4,6H,5,7-8H2,1H3,(H,21,25)(H,20,23,26). The Morgan fingerprint density at radius 1 is 1.32 bits per heavy atom. The summed E-state index contributed by atoms with van der Waals surface area (Å²) in [6.45, 7) is 0.157. The molecule has 3 rings (SSSR count). The quantitative estimate of drug-likeness (QED) is 0.596. The van der Waals surface area contributed by atoms with Gasteiger partial charge in [0.2, 0.25) is 0 Å². The number of amides is 1. The van der Waals surface area contributed by atoms with Crippen molar-refractivity contribution in [3.8, 4) is 0 Å². The van der Waals surface area contributed by atoms with Crippen LogP contribution in [0, 0.1) is 0 Å². The number of nitrogens with zero attached hydrogens (tertiary/aromatic N) is 3. The molecule has 1 aromatic carbocycles. The molecule has 3 aromatic rings. The minimum Gasteiger partial charge on any atom is -0.375 e. The predicted octanol–water partition coefficient (Wildman–Crippen LogP) is 2.13. The van der Waals surface area contributed by atoms with Crippen LogP contribution in [0.15, 0.2) is 33.7 Å². The van der Waals surface area contributed by atoms with Crippen molar-refractivity contribution in [2.45, 2.75) is 19.6 Å². The lowest BCUT2D eigenvalue weighted by molar-refractivity contribution is 0.0947. The van der Waals surface area contributed by atoms with Gasteiger partial charge in [0.25, 0.3) is 17.4 Å². The fraction of sp³-hybridized carbons (Fsp3) is 0.235. The highest BCUT2D eigenvalue weighted by Crippen LogP contribution is 2.25. The van der Waals surface area contributed by atoms with E-state index in [0.29, 0.717) is 21.4 Å². The van der Waals surface area contributed by atoms with E-state index in [9.17, 15) is 9.59 Å². The second-order valence-electron chi connectivity index (χ2n) is 5.67. The molecule has 2 N–H and O–H groups in total. The van der Waals surface area contributed by atoms with Crippen molar-refractivity contribution in [1.82, 2.24) is 25.4 Å². The zero-order valence-electron chi connectivity index (χ0n) is 14.7. The molecule has 0 spiro atoms. The van der Waals surface area contributed by atoms with Crippen LogP contribution in [0.25, 0.3) is 0 Å². The predicted molar refractivity (Wildman–Crippen MR) is 100 cm³/mol. The number of ether oxygens (including phenoxy) is 1. The normalized spacial score (nSPS) is 10.8. The van der Waals surface area contributed by atoms with E-state index in [1.54, 1.807) is 18.2 Å². The number of H-pyrrole nitrogens is 1. The molecule has 0 aliphatic rings. The fourth-order valence-corrected chi connectivity index (χ4v) is 2.88. The van der Waals surface area contributed by atoms with Gasteiger partial charge in [0.15, 0.2) is 5.82 Å². The molecule has 0 bridgehead atoms. The first-order valence-electron chi connectivity index (χ1n) is 8.07. The van der Waals surface area contributed by atoms with E-state index >= 15 is 0 Å². The van der Waals surface area contributed by atoms with Crippen LogP contribution in [0.5, 0.6) is 0 Å². The van der Waals surface area contributed by atoms with Crippen LogP contribution in [0.3, 0.4) is 0 Å². The molecule has 0 unspecified atom stereocenters. The zero-order chi connectivity index (χ0) is 20.1. The number of carbonyl (C=O) groups is 1. The number of aromatic nitrogens is 4. The van der Waals surface area contributed by atoms with Gasteiger partial charge in [0.05, 0.1) is 6.54 Å². The Hall–Kier alpha value is -2.75. The summed E-state index contributed by atoms with van der Waals surface area (Å²) in [7, 11) is 1.49. The Morgan fingerprint density at radius 3 is 2.75 bits per heavy atom. The van der Waals surface area contributed by atoms with E-state index in [-0.39, 0.29) is 36.9 Å². The minimum absolute atomic E-state index is 0.0114. The first-order chi connectivity index (χ1) is 13.5. The first-order valence-corrected chi connectivity index (χ1v) is 8.83. The van der Waals surface area contributed by atoms with Crippen molar-refractivity contribution >= 4 is 29.1 Å².